The second-order valence-electron chi connectivity index (χ2n) is 6.41. The van der Waals surface area contributed by atoms with Gasteiger partial charge in [0.1, 0.15) is 0 Å². The summed E-state index contributed by atoms with van der Waals surface area (Å²) in [4.78, 5) is 0.271. The van der Waals surface area contributed by atoms with Gasteiger partial charge in [-0.05, 0) is 37.1 Å². The van der Waals surface area contributed by atoms with Crippen LogP contribution in [-0.2, 0) is 10.0 Å². The predicted molar refractivity (Wildman–Crippen MR) is 99.9 cm³/mol. The first-order chi connectivity index (χ1) is 11.7. The maximum Gasteiger partial charge on any atom is 0.242 e. The molecule has 2 aromatic rings. The summed E-state index contributed by atoms with van der Waals surface area (Å²) < 4.78 is 25.4. The molecule has 2 atom stereocenters. The summed E-state index contributed by atoms with van der Waals surface area (Å²) in [6, 6.07) is 14.6. The van der Waals surface area contributed by atoms with Crippen molar-refractivity contribution >= 4 is 10.0 Å². The number of nitrogens with zero attached hydrogens (tertiary/aromatic N) is 1. The highest BCUT2D eigenvalue weighted by atomic mass is 32.2. The molecule has 2 rings (SSSR count). The van der Waals surface area contributed by atoms with Crippen LogP contribution >= 0.6 is 0 Å². The molecular weight excluding hydrogens is 336 g/mol. The average molecular weight is 362 g/mol. The molecule has 0 amide bonds. The van der Waals surface area contributed by atoms with Gasteiger partial charge in [-0.3, -0.25) is 0 Å². The smallest absolute Gasteiger partial charge is 0.242 e. The molecule has 2 unspecified atom stereocenters. The quantitative estimate of drug-likeness (QED) is 0.794. The Hall–Kier alpha value is -1.73. The molecule has 25 heavy (non-hydrogen) atoms. The number of benzene rings is 2. The van der Waals surface area contributed by atoms with Crippen LogP contribution in [0.4, 0.5) is 0 Å². The van der Waals surface area contributed by atoms with Crippen LogP contribution in [0.15, 0.2) is 53.4 Å². The number of hydrogen-bond donors (Lipinski definition) is 2. The molecule has 0 saturated carbocycles. The fraction of sp³-hybridized carbons (Fsp3) is 0.368. The highest BCUT2D eigenvalue weighted by Gasteiger charge is 2.17. The van der Waals surface area contributed by atoms with E-state index in [0.29, 0.717) is 6.54 Å². The third kappa shape index (κ3) is 4.89. The minimum atomic E-state index is -3.41. The normalized spacial score (nSPS) is 14.5. The Morgan fingerprint density at radius 2 is 1.52 bits per heavy atom. The molecule has 0 aliphatic carbocycles. The van der Waals surface area contributed by atoms with Crippen molar-refractivity contribution in [1.29, 1.82) is 0 Å². The van der Waals surface area contributed by atoms with Gasteiger partial charge >= 0.3 is 0 Å². The van der Waals surface area contributed by atoms with Gasteiger partial charge in [0.05, 0.1) is 11.0 Å². The molecule has 5 nitrogen and oxygen atoms in total. The maximum atomic E-state index is 12.1. The van der Waals surface area contributed by atoms with Crippen LogP contribution in [0.25, 0.3) is 0 Å². The second kappa shape index (κ2) is 8.10. The van der Waals surface area contributed by atoms with E-state index in [1.54, 1.807) is 24.3 Å². The van der Waals surface area contributed by atoms with Crippen molar-refractivity contribution in [3.63, 3.8) is 0 Å². The summed E-state index contributed by atoms with van der Waals surface area (Å²) in [5, 5.41) is 13.6. The Balaban J connectivity index is 1.99. The summed E-state index contributed by atoms with van der Waals surface area (Å²) >= 11 is 0. The lowest BCUT2D eigenvalue weighted by Crippen LogP contribution is -2.25. The van der Waals surface area contributed by atoms with E-state index in [4.69, 9.17) is 0 Å². The molecule has 0 bridgehead atoms. The lowest BCUT2D eigenvalue weighted by molar-refractivity contribution is 0.171. The Kier molecular flexibility index (Phi) is 6.35. The summed E-state index contributed by atoms with van der Waals surface area (Å²) in [6.07, 6.45) is -0.587. The molecule has 0 aliphatic rings. The van der Waals surface area contributed by atoms with Gasteiger partial charge < -0.3 is 10.4 Å². The minimum Gasteiger partial charge on any atom is -0.387 e. The number of aliphatic hydroxyl groups is 1. The zero-order valence-electron chi connectivity index (χ0n) is 15.1. The summed E-state index contributed by atoms with van der Waals surface area (Å²) in [5.41, 5.74) is 3.00. The summed E-state index contributed by atoms with van der Waals surface area (Å²) in [5.74, 6) is 0. The van der Waals surface area contributed by atoms with Gasteiger partial charge in [-0.15, -0.1) is 0 Å². The van der Waals surface area contributed by atoms with E-state index >= 15 is 0 Å². The summed E-state index contributed by atoms with van der Waals surface area (Å²) in [6.45, 7) is 4.41. The van der Waals surface area contributed by atoms with E-state index in [2.05, 4.69) is 5.32 Å². The van der Waals surface area contributed by atoms with Crippen LogP contribution in [0.5, 0.6) is 0 Å². The second-order valence-corrected chi connectivity index (χ2v) is 8.56. The van der Waals surface area contributed by atoms with E-state index in [9.17, 15) is 13.5 Å². The first kappa shape index (κ1) is 19.6. The van der Waals surface area contributed by atoms with Crippen molar-refractivity contribution in [1.82, 2.24) is 9.62 Å². The Labute approximate surface area is 150 Å². The van der Waals surface area contributed by atoms with Gasteiger partial charge in [-0.1, -0.05) is 42.0 Å². The van der Waals surface area contributed by atoms with E-state index in [0.717, 1.165) is 16.7 Å². The van der Waals surface area contributed by atoms with Crippen molar-refractivity contribution in [2.24, 2.45) is 0 Å². The van der Waals surface area contributed by atoms with Gasteiger partial charge in [0, 0.05) is 26.7 Å². The van der Waals surface area contributed by atoms with Crippen LogP contribution in [0.3, 0.4) is 0 Å². The topological polar surface area (TPSA) is 69.6 Å². The molecular formula is C19H26N2O3S. The van der Waals surface area contributed by atoms with Crippen molar-refractivity contribution < 1.29 is 13.5 Å². The lowest BCUT2D eigenvalue weighted by Gasteiger charge is -2.18. The molecule has 0 aliphatic heterocycles. The number of aryl methyl sites for hydroxylation is 1. The first-order valence-corrected chi connectivity index (χ1v) is 9.66. The van der Waals surface area contributed by atoms with Crippen LogP contribution in [-0.4, -0.2) is 38.5 Å². The Morgan fingerprint density at radius 1 is 1.00 bits per heavy atom. The third-order valence-corrected chi connectivity index (χ3v) is 6.07. The molecule has 0 spiro atoms. The number of aliphatic hydroxyl groups excluding tert-OH is 1. The van der Waals surface area contributed by atoms with Crippen molar-refractivity contribution in [3.8, 4) is 0 Å². The Bertz CT molecular complexity index is 784. The van der Waals surface area contributed by atoms with Crippen molar-refractivity contribution in [2.75, 3.05) is 20.6 Å². The van der Waals surface area contributed by atoms with Gasteiger partial charge in [-0.25, -0.2) is 12.7 Å². The third-order valence-electron chi connectivity index (χ3n) is 4.24. The number of hydrogen-bond acceptors (Lipinski definition) is 4. The van der Waals surface area contributed by atoms with E-state index < -0.39 is 16.1 Å². The van der Waals surface area contributed by atoms with Gasteiger partial charge in [0.15, 0.2) is 0 Å². The SMILES string of the molecule is Cc1ccc(C(O)CNC(C)c2ccc(S(=O)(=O)N(C)C)cc2)cc1. The van der Waals surface area contributed by atoms with Crippen LogP contribution in [0, 0.1) is 6.92 Å². The monoisotopic (exact) mass is 362 g/mol. The molecule has 0 heterocycles. The highest BCUT2D eigenvalue weighted by molar-refractivity contribution is 7.89. The van der Waals surface area contributed by atoms with Crippen molar-refractivity contribution in [2.45, 2.75) is 30.9 Å². The predicted octanol–water partition coefficient (Wildman–Crippen LogP) is 2.63. The highest BCUT2D eigenvalue weighted by Crippen LogP contribution is 2.19. The van der Waals surface area contributed by atoms with Gasteiger partial charge in [0.25, 0.3) is 0 Å². The van der Waals surface area contributed by atoms with Crippen LogP contribution in [0.2, 0.25) is 0 Å². The molecule has 0 aromatic heterocycles. The first-order valence-electron chi connectivity index (χ1n) is 8.22. The molecule has 2 N–H and O–H groups in total. The van der Waals surface area contributed by atoms with Gasteiger partial charge in [-0.2, -0.15) is 0 Å². The van der Waals surface area contributed by atoms with E-state index in [-0.39, 0.29) is 10.9 Å². The molecule has 0 radical (unpaired) electrons. The number of nitrogens with one attached hydrogen (secondary N) is 1. The van der Waals surface area contributed by atoms with Crippen LogP contribution < -0.4 is 5.32 Å². The minimum absolute atomic E-state index is 0.00351. The van der Waals surface area contributed by atoms with Crippen LogP contribution in [0.1, 0.15) is 35.8 Å². The fourth-order valence-corrected chi connectivity index (χ4v) is 3.35. The summed E-state index contributed by atoms with van der Waals surface area (Å²) in [7, 11) is -0.384. The molecule has 0 fully saturated rings. The maximum absolute atomic E-state index is 12.1. The zero-order valence-corrected chi connectivity index (χ0v) is 15.9. The molecule has 0 saturated heterocycles. The van der Waals surface area contributed by atoms with E-state index in [1.807, 2.05) is 38.1 Å². The van der Waals surface area contributed by atoms with Gasteiger partial charge in [0.2, 0.25) is 10.0 Å². The standard InChI is InChI=1S/C19H26N2O3S/c1-14-5-7-17(8-6-14)19(22)13-20-15(2)16-9-11-18(12-10-16)25(23,24)21(3)4/h5-12,15,19-20,22H,13H2,1-4H3. The number of sulfonamides is 1. The largest absolute Gasteiger partial charge is 0.387 e. The molecule has 136 valence electrons. The molecule has 6 heteroatoms. The lowest BCUT2D eigenvalue weighted by atomic mass is 10.1. The zero-order chi connectivity index (χ0) is 18.6. The van der Waals surface area contributed by atoms with Crippen molar-refractivity contribution in [3.05, 3.63) is 65.2 Å². The average Bonchev–Trinajstić information content (AvgIpc) is 2.60. The fourth-order valence-electron chi connectivity index (χ4n) is 2.45. The Morgan fingerprint density at radius 3 is 2.04 bits per heavy atom. The number of rotatable bonds is 7. The molecule has 2 aromatic carbocycles. The van der Waals surface area contributed by atoms with E-state index in [1.165, 1.54) is 18.4 Å².